The van der Waals surface area contributed by atoms with Crippen molar-refractivity contribution in [2.45, 2.75) is 26.7 Å². The van der Waals surface area contributed by atoms with E-state index in [1.165, 1.54) is 6.07 Å². The monoisotopic (exact) mass is 239 g/mol. The van der Waals surface area contributed by atoms with Crippen molar-refractivity contribution in [1.82, 2.24) is 0 Å². The maximum atomic E-state index is 13.0. The fourth-order valence-electron chi connectivity index (χ4n) is 1.53. The van der Waals surface area contributed by atoms with Gasteiger partial charge in [0.05, 0.1) is 12.2 Å². The number of halogens is 1. The van der Waals surface area contributed by atoms with E-state index in [1.807, 2.05) is 13.8 Å². The molecule has 0 aromatic heterocycles. The molecule has 0 bridgehead atoms. The summed E-state index contributed by atoms with van der Waals surface area (Å²) >= 11 is 0. The first-order valence-electron chi connectivity index (χ1n) is 5.80. The fraction of sp³-hybridized carbons (Fsp3) is 0.462. The van der Waals surface area contributed by atoms with E-state index in [1.54, 1.807) is 0 Å². The number of hydrogen-bond donors (Lipinski definition) is 1. The number of nitrogens with two attached hydrogens (primary N) is 1. The first-order valence-corrected chi connectivity index (χ1v) is 5.80. The van der Waals surface area contributed by atoms with Crippen molar-refractivity contribution in [3.63, 3.8) is 0 Å². The van der Waals surface area contributed by atoms with Crippen molar-refractivity contribution in [1.29, 1.82) is 0 Å². The Bertz CT molecular complexity index is 369. The lowest BCUT2D eigenvalue weighted by Gasteiger charge is -2.12. The average Bonchev–Trinajstić information content (AvgIpc) is 2.28. The van der Waals surface area contributed by atoms with Crippen LogP contribution in [-0.4, -0.2) is 12.6 Å². The Morgan fingerprint density at radius 2 is 2.00 bits per heavy atom. The lowest BCUT2D eigenvalue weighted by Crippen LogP contribution is -2.13. The van der Waals surface area contributed by atoms with E-state index in [0.29, 0.717) is 12.5 Å². The molecule has 1 aromatic rings. The summed E-state index contributed by atoms with van der Waals surface area (Å²) in [6.45, 7) is 4.45. The van der Waals surface area contributed by atoms with Gasteiger partial charge < -0.3 is 10.5 Å². The minimum atomic E-state index is -0.528. The molecule has 2 N–H and O–H groups in total. The van der Waals surface area contributed by atoms with Crippen molar-refractivity contribution in [3.8, 4) is 0 Å². The van der Waals surface area contributed by atoms with E-state index in [2.05, 4.69) is 0 Å². The lowest BCUT2D eigenvalue weighted by atomic mass is 10.1. The lowest BCUT2D eigenvalue weighted by molar-refractivity contribution is 0.0432. The van der Waals surface area contributed by atoms with Crippen LogP contribution in [0.1, 0.15) is 37.0 Å². The Balaban J connectivity index is 2.63. The van der Waals surface area contributed by atoms with Gasteiger partial charge in [-0.2, -0.15) is 0 Å². The van der Waals surface area contributed by atoms with Crippen LogP contribution < -0.4 is 5.73 Å². The predicted molar refractivity (Wildman–Crippen MR) is 65.2 cm³/mol. The fourth-order valence-corrected chi connectivity index (χ4v) is 1.53. The quantitative estimate of drug-likeness (QED) is 0.634. The number of nitrogen functional groups attached to an aromatic ring is 1. The second kappa shape index (κ2) is 6.23. The van der Waals surface area contributed by atoms with Crippen LogP contribution >= 0.6 is 0 Å². The second-order valence-corrected chi connectivity index (χ2v) is 4.05. The topological polar surface area (TPSA) is 52.3 Å². The van der Waals surface area contributed by atoms with Gasteiger partial charge in [0.2, 0.25) is 0 Å². The molecule has 0 unspecified atom stereocenters. The van der Waals surface area contributed by atoms with Gasteiger partial charge in [-0.25, -0.2) is 9.18 Å². The van der Waals surface area contributed by atoms with Crippen molar-refractivity contribution in [2.75, 3.05) is 12.3 Å². The third kappa shape index (κ3) is 4.06. The number of esters is 1. The summed E-state index contributed by atoms with van der Waals surface area (Å²) < 4.78 is 18.2. The molecule has 1 aromatic carbocycles. The van der Waals surface area contributed by atoms with Crippen LogP contribution in [0.5, 0.6) is 0 Å². The summed E-state index contributed by atoms with van der Waals surface area (Å²) in [5.74, 6) is -0.701. The molecular formula is C13H18FNO2. The SMILES string of the molecule is CCC(CC)COC(=O)c1cc(N)cc(F)c1. The third-order valence-electron chi connectivity index (χ3n) is 2.76. The van der Waals surface area contributed by atoms with Gasteiger partial charge in [-0.3, -0.25) is 0 Å². The highest BCUT2D eigenvalue weighted by atomic mass is 19.1. The van der Waals surface area contributed by atoms with Crippen molar-refractivity contribution in [3.05, 3.63) is 29.6 Å². The molecule has 0 fully saturated rings. The largest absolute Gasteiger partial charge is 0.462 e. The molecule has 0 aliphatic rings. The predicted octanol–water partition coefficient (Wildman–Crippen LogP) is 3.00. The molecule has 0 radical (unpaired) electrons. The van der Waals surface area contributed by atoms with Gasteiger partial charge in [0.1, 0.15) is 5.82 Å². The Kier molecular flexibility index (Phi) is 4.94. The first-order chi connectivity index (χ1) is 8.06. The molecule has 17 heavy (non-hydrogen) atoms. The summed E-state index contributed by atoms with van der Waals surface area (Å²) in [6.07, 6.45) is 1.91. The van der Waals surface area contributed by atoms with Crippen LogP contribution in [0.25, 0.3) is 0 Å². The summed E-state index contributed by atoms with van der Waals surface area (Å²) in [5.41, 5.74) is 5.84. The maximum Gasteiger partial charge on any atom is 0.338 e. The molecule has 0 aliphatic carbocycles. The van der Waals surface area contributed by atoms with E-state index in [0.717, 1.165) is 25.0 Å². The van der Waals surface area contributed by atoms with E-state index in [4.69, 9.17) is 10.5 Å². The zero-order valence-electron chi connectivity index (χ0n) is 10.2. The minimum absolute atomic E-state index is 0.161. The third-order valence-corrected chi connectivity index (χ3v) is 2.76. The minimum Gasteiger partial charge on any atom is -0.462 e. The van der Waals surface area contributed by atoms with E-state index in [-0.39, 0.29) is 11.3 Å². The molecule has 0 spiro atoms. The van der Waals surface area contributed by atoms with Crippen molar-refractivity contribution in [2.24, 2.45) is 5.92 Å². The standard InChI is InChI=1S/C13H18FNO2/c1-3-9(4-2)8-17-13(16)10-5-11(14)7-12(15)6-10/h5-7,9H,3-4,8,15H2,1-2H3. The van der Waals surface area contributed by atoms with E-state index in [9.17, 15) is 9.18 Å². The Hall–Kier alpha value is -1.58. The molecule has 1 rings (SSSR count). The van der Waals surface area contributed by atoms with Gasteiger partial charge in [0.15, 0.2) is 0 Å². The highest BCUT2D eigenvalue weighted by molar-refractivity contribution is 5.90. The zero-order valence-corrected chi connectivity index (χ0v) is 10.2. The summed E-state index contributed by atoms with van der Waals surface area (Å²) in [4.78, 5) is 11.6. The van der Waals surface area contributed by atoms with E-state index < -0.39 is 11.8 Å². The molecule has 4 heteroatoms. The number of carbonyl (C=O) groups is 1. The summed E-state index contributed by atoms with van der Waals surface area (Å²) in [6, 6.07) is 3.71. The number of ether oxygens (including phenoxy) is 1. The van der Waals surface area contributed by atoms with Crippen molar-refractivity contribution >= 4 is 11.7 Å². The number of hydrogen-bond acceptors (Lipinski definition) is 3. The van der Waals surface area contributed by atoms with Crippen LogP contribution in [-0.2, 0) is 4.74 Å². The molecule has 0 atom stereocenters. The van der Waals surface area contributed by atoms with Crippen LogP contribution in [0.2, 0.25) is 0 Å². The van der Waals surface area contributed by atoms with Gasteiger partial charge in [-0.15, -0.1) is 0 Å². The Morgan fingerprint density at radius 3 is 2.53 bits per heavy atom. The molecule has 94 valence electrons. The second-order valence-electron chi connectivity index (χ2n) is 4.05. The van der Waals surface area contributed by atoms with Gasteiger partial charge >= 0.3 is 5.97 Å². The van der Waals surface area contributed by atoms with Gasteiger partial charge in [0, 0.05) is 5.69 Å². The average molecular weight is 239 g/mol. The highest BCUT2D eigenvalue weighted by Gasteiger charge is 2.12. The number of carbonyl (C=O) groups excluding carboxylic acids is 1. The number of rotatable bonds is 5. The van der Waals surface area contributed by atoms with Crippen LogP contribution in [0, 0.1) is 11.7 Å². The van der Waals surface area contributed by atoms with E-state index >= 15 is 0 Å². The molecule has 0 saturated heterocycles. The molecule has 0 saturated carbocycles. The molecule has 3 nitrogen and oxygen atoms in total. The zero-order chi connectivity index (χ0) is 12.8. The highest BCUT2D eigenvalue weighted by Crippen LogP contribution is 2.14. The van der Waals surface area contributed by atoms with Gasteiger partial charge in [-0.05, 0) is 24.1 Å². The van der Waals surface area contributed by atoms with Crippen LogP contribution in [0.3, 0.4) is 0 Å². The first kappa shape index (κ1) is 13.5. The van der Waals surface area contributed by atoms with Crippen molar-refractivity contribution < 1.29 is 13.9 Å². The van der Waals surface area contributed by atoms with Crippen LogP contribution in [0.4, 0.5) is 10.1 Å². The molecule has 0 heterocycles. The van der Waals surface area contributed by atoms with Gasteiger partial charge in [-0.1, -0.05) is 26.7 Å². The number of anilines is 1. The Morgan fingerprint density at radius 1 is 1.35 bits per heavy atom. The molecule has 0 amide bonds. The molecule has 0 aliphatic heterocycles. The number of benzene rings is 1. The Labute approximate surface area is 101 Å². The smallest absolute Gasteiger partial charge is 0.338 e. The van der Waals surface area contributed by atoms with Gasteiger partial charge in [0.25, 0.3) is 0 Å². The molecular weight excluding hydrogens is 221 g/mol. The summed E-state index contributed by atoms with van der Waals surface area (Å²) in [5, 5.41) is 0. The summed E-state index contributed by atoms with van der Waals surface area (Å²) in [7, 11) is 0. The maximum absolute atomic E-state index is 13.0. The normalized spacial score (nSPS) is 10.6. The van der Waals surface area contributed by atoms with Crippen LogP contribution in [0.15, 0.2) is 18.2 Å².